The fourth-order valence-corrected chi connectivity index (χ4v) is 2.53. The molecule has 0 aliphatic heterocycles. The minimum Gasteiger partial charge on any atom is -0.675 e. The molecule has 0 saturated carbocycles. The molecule has 0 amide bonds. The van der Waals surface area contributed by atoms with Gasteiger partial charge >= 0.3 is 0 Å². The number of phenols is 1. The Morgan fingerprint density at radius 2 is 1.66 bits per heavy atom. The first-order valence-electron chi connectivity index (χ1n) is 9.78. The van der Waals surface area contributed by atoms with Crippen LogP contribution in [0.3, 0.4) is 0 Å². The number of aliphatic hydroxyl groups is 1. The second-order valence-corrected chi connectivity index (χ2v) is 6.77. The number of methoxy groups -OCH3 is 1. The predicted octanol–water partition coefficient (Wildman–Crippen LogP) is 5.24. The number of benzene rings is 2. The number of unbranched alkanes of at least 4 members (excludes halogenated alkanes) is 3. The first kappa shape index (κ1) is 27.7. The first-order valence-corrected chi connectivity index (χ1v) is 9.78. The number of ether oxygens (including phenoxy) is 1. The molecular weight excluding hydrogens is 441 g/mol. The van der Waals surface area contributed by atoms with Gasteiger partial charge in [-0.15, -0.1) is 6.04 Å². The molecule has 2 aromatic carbocycles. The Kier molecular flexibility index (Phi) is 15.8. The van der Waals surface area contributed by atoms with Crippen molar-refractivity contribution in [1.82, 2.24) is 0 Å². The predicted molar refractivity (Wildman–Crippen MR) is 117 cm³/mol. The summed E-state index contributed by atoms with van der Waals surface area (Å²) >= 11 is 0. The number of hydrogen-bond donors (Lipinski definition) is 2. The molecule has 0 aliphatic carbocycles. The molecule has 2 aromatic rings. The first-order chi connectivity index (χ1) is 13.5. The van der Waals surface area contributed by atoms with Crippen LogP contribution in [0.25, 0.3) is 5.73 Å². The molecule has 6 heteroatoms. The van der Waals surface area contributed by atoms with Crippen LogP contribution in [0.2, 0.25) is 0 Å². The third-order valence-corrected chi connectivity index (χ3v) is 3.84. The maximum Gasteiger partial charge on any atom is 0.128 e. The number of hydrogen-bond acceptors (Lipinski definition) is 4. The molecule has 5 nitrogen and oxygen atoms in total. The summed E-state index contributed by atoms with van der Waals surface area (Å²) in [5, 5.41) is 19.2. The molecular formula is C23H33N2O3Y-. The second-order valence-electron chi connectivity index (χ2n) is 6.77. The van der Waals surface area contributed by atoms with Gasteiger partial charge in [0.15, 0.2) is 0 Å². The standard InChI is InChI=1S/C20H25NO3.C3H8N.Y/c1-24-17-11-12-18(19(23)15-17)20(16-9-5-4-6-10-16)21-13-7-2-3-8-14-22;1-3(2)4;/h4-6,9-12,15,22-23H,2-3,7-8,13-14H2,1H3;3-4H,1-2H3;/q;-1;. The molecule has 2 rings (SSSR count). The van der Waals surface area contributed by atoms with Gasteiger partial charge in [-0.3, -0.25) is 4.99 Å². The van der Waals surface area contributed by atoms with Crippen LogP contribution in [0.5, 0.6) is 11.5 Å². The van der Waals surface area contributed by atoms with Crippen molar-refractivity contribution in [3.8, 4) is 11.5 Å². The Labute approximate surface area is 200 Å². The maximum absolute atomic E-state index is 10.3. The maximum atomic E-state index is 10.3. The number of phenolic OH excluding ortho intramolecular Hbond substituents is 1. The topological polar surface area (TPSA) is 85.9 Å². The fraction of sp³-hybridized carbons (Fsp3) is 0.435. The van der Waals surface area contributed by atoms with E-state index in [-0.39, 0.29) is 51.1 Å². The fourth-order valence-electron chi connectivity index (χ4n) is 2.53. The van der Waals surface area contributed by atoms with E-state index in [2.05, 4.69) is 0 Å². The number of rotatable bonds is 9. The van der Waals surface area contributed by atoms with Crippen molar-refractivity contribution in [2.45, 2.75) is 45.6 Å². The van der Waals surface area contributed by atoms with Crippen molar-refractivity contribution in [3.05, 3.63) is 65.4 Å². The molecule has 0 bridgehead atoms. The van der Waals surface area contributed by atoms with Crippen LogP contribution in [0.15, 0.2) is 53.5 Å². The van der Waals surface area contributed by atoms with Gasteiger partial charge in [0.2, 0.25) is 0 Å². The molecule has 0 aromatic heterocycles. The molecule has 0 heterocycles. The zero-order valence-corrected chi connectivity index (χ0v) is 20.6. The van der Waals surface area contributed by atoms with E-state index < -0.39 is 0 Å². The molecule has 0 atom stereocenters. The second kappa shape index (κ2) is 16.5. The average Bonchev–Trinajstić information content (AvgIpc) is 2.68. The average molecular weight is 474 g/mol. The van der Waals surface area contributed by atoms with Gasteiger partial charge in [-0.1, -0.05) is 57.0 Å². The molecule has 29 heavy (non-hydrogen) atoms. The Morgan fingerprint density at radius 3 is 2.21 bits per heavy atom. The molecule has 0 spiro atoms. The summed E-state index contributed by atoms with van der Waals surface area (Å²) in [6, 6.07) is 15.2. The minimum absolute atomic E-state index is 0. The van der Waals surface area contributed by atoms with E-state index in [9.17, 15) is 5.11 Å². The van der Waals surface area contributed by atoms with Gasteiger partial charge in [0.25, 0.3) is 0 Å². The van der Waals surface area contributed by atoms with Crippen LogP contribution in [-0.4, -0.2) is 42.2 Å². The third kappa shape index (κ3) is 11.5. The molecule has 1 radical (unpaired) electrons. The Hall–Kier alpha value is -1.27. The summed E-state index contributed by atoms with van der Waals surface area (Å²) in [7, 11) is 1.58. The number of aliphatic hydroxyl groups excluding tert-OH is 1. The number of nitrogens with zero attached hydrogens (tertiary/aromatic N) is 1. The van der Waals surface area contributed by atoms with E-state index in [1.807, 2.05) is 56.3 Å². The molecule has 0 unspecified atom stereocenters. The van der Waals surface area contributed by atoms with Crippen molar-refractivity contribution in [2.24, 2.45) is 4.99 Å². The van der Waals surface area contributed by atoms with Gasteiger partial charge < -0.3 is 20.7 Å². The zero-order chi connectivity index (χ0) is 20.8. The van der Waals surface area contributed by atoms with Crippen LogP contribution < -0.4 is 4.74 Å². The molecule has 0 saturated heterocycles. The Balaban J connectivity index is 0.00000143. The van der Waals surface area contributed by atoms with E-state index in [4.69, 9.17) is 20.6 Å². The summed E-state index contributed by atoms with van der Waals surface area (Å²) in [6.07, 6.45) is 3.86. The van der Waals surface area contributed by atoms with E-state index in [0.29, 0.717) is 17.9 Å². The zero-order valence-electron chi connectivity index (χ0n) is 17.8. The largest absolute Gasteiger partial charge is 0.675 e. The smallest absolute Gasteiger partial charge is 0.128 e. The van der Waals surface area contributed by atoms with Crippen LogP contribution in [-0.2, 0) is 32.7 Å². The van der Waals surface area contributed by atoms with E-state index in [1.54, 1.807) is 13.2 Å². The van der Waals surface area contributed by atoms with Crippen LogP contribution in [0.4, 0.5) is 0 Å². The summed E-state index contributed by atoms with van der Waals surface area (Å²) in [5.74, 6) is 0.782. The van der Waals surface area contributed by atoms with Crippen LogP contribution in [0.1, 0.15) is 50.7 Å². The summed E-state index contributed by atoms with van der Waals surface area (Å²) in [4.78, 5) is 4.73. The Bertz CT molecular complexity index is 704. The quantitative estimate of drug-likeness (QED) is 0.385. The number of aromatic hydroxyl groups is 1. The van der Waals surface area contributed by atoms with Crippen molar-refractivity contribution in [3.63, 3.8) is 0 Å². The van der Waals surface area contributed by atoms with Gasteiger partial charge in [-0.05, 0) is 25.0 Å². The normalized spacial score (nSPS) is 10.8. The third-order valence-electron chi connectivity index (χ3n) is 3.84. The van der Waals surface area contributed by atoms with Crippen LogP contribution in [0, 0.1) is 0 Å². The molecule has 3 N–H and O–H groups in total. The van der Waals surface area contributed by atoms with Gasteiger partial charge in [0.05, 0.1) is 12.8 Å². The van der Waals surface area contributed by atoms with Gasteiger partial charge in [-0.2, -0.15) is 0 Å². The van der Waals surface area contributed by atoms with Crippen LogP contribution >= 0.6 is 0 Å². The Morgan fingerprint density at radius 1 is 1.03 bits per heavy atom. The van der Waals surface area contributed by atoms with Crippen molar-refractivity contribution in [2.75, 3.05) is 20.3 Å². The SMILES string of the molecule is CC(C)[NH-].COc1ccc(C(=NCCCCCCO)c2ccccc2)c(O)c1.[Y]. The van der Waals surface area contributed by atoms with E-state index in [1.165, 1.54) is 0 Å². The molecule has 157 valence electrons. The summed E-state index contributed by atoms with van der Waals surface area (Å²) in [6.45, 7) is 4.61. The minimum atomic E-state index is 0. The summed E-state index contributed by atoms with van der Waals surface area (Å²) in [5.41, 5.74) is 9.06. The van der Waals surface area contributed by atoms with Gasteiger partial charge in [-0.25, -0.2) is 0 Å². The van der Waals surface area contributed by atoms with Gasteiger partial charge in [0.1, 0.15) is 11.5 Å². The number of nitrogens with one attached hydrogen (secondary N) is 1. The number of aliphatic imine (C=N–C) groups is 1. The summed E-state index contributed by atoms with van der Waals surface area (Å²) < 4.78 is 5.15. The van der Waals surface area contributed by atoms with E-state index in [0.717, 1.165) is 37.0 Å². The monoisotopic (exact) mass is 474 g/mol. The van der Waals surface area contributed by atoms with E-state index >= 15 is 0 Å². The van der Waals surface area contributed by atoms with Gasteiger partial charge in [0, 0.05) is 63.1 Å². The molecule has 0 fully saturated rings. The van der Waals surface area contributed by atoms with Crippen molar-refractivity contribution in [1.29, 1.82) is 0 Å². The van der Waals surface area contributed by atoms with Crippen molar-refractivity contribution >= 4 is 5.71 Å². The molecule has 0 aliphatic rings. The van der Waals surface area contributed by atoms with Crippen molar-refractivity contribution < 1.29 is 47.7 Å².